The third kappa shape index (κ3) is 3.82. The molecule has 2 aromatic carbocycles. The van der Waals surface area contributed by atoms with Crippen molar-refractivity contribution in [3.63, 3.8) is 0 Å². The predicted octanol–water partition coefficient (Wildman–Crippen LogP) is 3.36. The van der Waals surface area contributed by atoms with E-state index in [4.69, 9.17) is 16.3 Å². The number of anilines is 1. The Bertz CT molecular complexity index is 996. The standard InChI is InChI=1S/C22H24ClN5O/c23-17-4-3-5-18(16-17)27-12-10-26(11-13-27)9-8-21-24-25-22-19-6-1-2-7-20(19)29-15-14-28(21)22/h1-7,16H,8-15H2. The molecule has 7 heteroatoms. The number of hydrogen-bond acceptors (Lipinski definition) is 5. The van der Waals surface area contributed by atoms with Crippen molar-refractivity contribution in [3.8, 4) is 17.1 Å². The average Bonchev–Trinajstić information content (AvgIpc) is 3.06. The summed E-state index contributed by atoms with van der Waals surface area (Å²) in [6, 6.07) is 16.2. The van der Waals surface area contributed by atoms with Crippen molar-refractivity contribution >= 4 is 17.3 Å². The second-order valence-corrected chi connectivity index (χ2v) is 7.93. The molecule has 0 radical (unpaired) electrons. The fourth-order valence-electron chi connectivity index (χ4n) is 4.14. The highest BCUT2D eigenvalue weighted by Gasteiger charge is 2.22. The van der Waals surface area contributed by atoms with Gasteiger partial charge in [-0.05, 0) is 30.3 Å². The summed E-state index contributed by atoms with van der Waals surface area (Å²) >= 11 is 6.14. The van der Waals surface area contributed by atoms with E-state index in [0.717, 1.165) is 73.7 Å². The first-order valence-electron chi connectivity index (χ1n) is 10.1. The third-order valence-electron chi connectivity index (χ3n) is 5.73. The maximum absolute atomic E-state index is 6.14. The van der Waals surface area contributed by atoms with E-state index in [9.17, 15) is 0 Å². The largest absolute Gasteiger partial charge is 0.491 e. The van der Waals surface area contributed by atoms with Crippen LogP contribution in [0.25, 0.3) is 11.4 Å². The van der Waals surface area contributed by atoms with E-state index in [-0.39, 0.29) is 0 Å². The summed E-state index contributed by atoms with van der Waals surface area (Å²) in [5, 5.41) is 9.77. The molecule has 0 bridgehead atoms. The average molecular weight is 410 g/mol. The van der Waals surface area contributed by atoms with E-state index in [1.165, 1.54) is 5.69 Å². The fourth-order valence-corrected chi connectivity index (χ4v) is 4.32. The molecule has 0 saturated carbocycles. The van der Waals surface area contributed by atoms with Crippen molar-refractivity contribution in [2.24, 2.45) is 0 Å². The quantitative estimate of drug-likeness (QED) is 0.661. The summed E-state index contributed by atoms with van der Waals surface area (Å²) in [6.07, 6.45) is 0.895. The first-order valence-corrected chi connectivity index (χ1v) is 10.5. The van der Waals surface area contributed by atoms with Gasteiger partial charge in [-0.1, -0.05) is 29.8 Å². The molecule has 1 fully saturated rings. The highest BCUT2D eigenvalue weighted by atomic mass is 35.5. The van der Waals surface area contributed by atoms with Crippen molar-refractivity contribution < 1.29 is 4.74 Å². The van der Waals surface area contributed by atoms with Gasteiger partial charge in [-0.25, -0.2) is 0 Å². The molecule has 1 saturated heterocycles. The molecule has 0 spiro atoms. The smallest absolute Gasteiger partial charge is 0.167 e. The number of benzene rings is 2. The van der Waals surface area contributed by atoms with Crippen LogP contribution in [0.4, 0.5) is 5.69 Å². The maximum atomic E-state index is 6.14. The molecule has 1 aromatic heterocycles. The number of piperazine rings is 1. The number of fused-ring (bicyclic) bond motifs is 3. The van der Waals surface area contributed by atoms with E-state index >= 15 is 0 Å². The minimum Gasteiger partial charge on any atom is -0.491 e. The normalized spacial score (nSPS) is 16.7. The van der Waals surface area contributed by atoms with Crippen LogP contribution < -0.4 is 9.64 Å². The minimum atomic E-state index is 0.646. The van der Waals surface area contributed by atoms with Crippen LogP contribution in [0.2, 0.25) is 5.02 Å². The van der Waals surface area contributed by atoms with Gasteiger partial charge in [-0.2, -0.15) is 0 Å². The van der Waals surface area contributed by atoms with Crippen LogP contribution in [-0.2, 0) is 13.0 Å². The lowest BCUT2D eigenvalue weighted by Crippen LogP contribution is -2.47. The van der Waals surface area contributed by atoms with Crippen LogP contribution in [0, 0.1) is 0 Å². The molecule has 29 heavy (non-hydrogen) atoms. The van der Waals surface area contributed by atoms with Crippen molar-refractivity contribution in [2.75, 3.05) is 44.2 Å². The van der Waals surface area contributed by atoms with Gasteiger partial charge in [-0.3, -0.25) is 4.90 Å². The summed E-state index contributed by atoms with van der Waals surface area (Å²) < 4.78 is 8.10. The molecule has 0 atom stereocenters. The summed E-state index contributed by atoms with van der Waals surface area (Å²) in [5.41, 5.74) is 2.23. The van der Waals surface area contributed by atoms with Crippen LogP contribution in [0.15, 0.2) is 48.5 Å². The van der Waals surface area contributed by atoms with Crippen molar-refractivity contribution in [3.05, 3.63) is 59.4 Å². The molecule has 2 aliphatic rings. The zero-order chi connectivity index (χ0) is 19.6. The van der Waals surface area contributed by atoms with Gasteiger partial charge in [0, 0.05) is 49.9 Å². The van der Waals surface area contributed by atoms with Gasteiger partial charge in [0.1, 0.15) is 18.2 Å². The minimum absolute atomic E-state index is 0.646. The van der Waals surface area contributed by atoms with Gasteiger partial charge in [0.05, 0.1) is 12.1 Å². The lowest BCUT2D eigenvalue weighted by Gasteiger charge is -2.36. The Hall–Kier alpha value is -2.57. The fraction of sp³-hybridized carbons (Fsp3) is 0.364. The third-order valence-corrected chi connectivity index (χ3v) is 5.96. The molecule has 0 amide bonds. The summed E-state index contributed by atoms with van der Waals surface area (Å²) in [7, 11) is 0. The van der Waals surface area contributed by atoms with E-state index < -0.39 is 0 Å². The summed E-state index contributed by atoms with van der Waals surface area (Å²) in [6.45, 7) is 6.53. The van der Waals surface area contributed by atoms with Crippen LogP contribution in [0.1, 0.15) is 5.82 Å². The van der Waals surface area contributed by atoms with E-state index in [0.29, 0.717) is 6.61 Å². The summed E-state index contributed by atoms with van der Waals surface area (Å²) in [5.74, 6) is 2.85. The molecule has 3 heterocycles. The predicted molar refractivity (Wildman–Crippen MR) is 115 cm³/mol. The van der Waals surface area contributed by atoms with E-state index in [2.05, 4.69) is 36.7 Å². The Morgan fingerprint density at radius 3 is 2.66 bits per heavy atom. The molecule has 3 aromatic rings. The molecule has 150 valence electrons. The second kappa shape index (κ2) is 8.05. The Morgan fingerprint density at radius 1 is 0.931 bits per heavy atom. The lowest BCUT2D eigenvalue weighted by atomic mass is 10.2. The topological polar surface area (TPSA) is 46.4 Å². The molecule has 0 aliphatic carbocycles. The molecular formula is C22H24ClN5O. The number of aromatic nitrogens is 3. The number of hydrogen-bond donors (Lipinski definition) is 0. The van der Waals surface area contributed by atoms with Crippen molar-refractivity contribution in [1.82, 2.24) is 19.7 Å². The Labute approximate surface area is 175 Å². The van der Waals surface area contributed by atoms with E-state index in [1.54, 1.807) is 0 Å². The zero-order valence-corrected chi connectivity index (χ0v) is 17.1. The molecule has 6 nitrogen and oxygen atoms in total. The van der Waals surface area contributed by atoms with Crippen molar-refractivity contribution in [2.45, 2.75) is 13.0 Å². The second-order valence-electron chi connectivity index (χ2n) is 7.49. The number of ether oxygens (including phenoxy) is 1. The molecule has 0 unspecified atom stereocenters. The number of halogens is 1. The van der Waals surface area contributed by atoms with Crippen LogP contribution in [-0.4, -0.2) is 59.0 Å². The van der Waals surface area contributed by atoms with Crippen LogP contribution in [0.3, 0.4) is 0 Å². The van der Waals surface area contributed by atoms with E-state index in [1.807, 2.05) is 36.4 Å². The highest BCUT2D eigenvalue weighted by Crippen LogP contribution is 2.31. The van der Waals surface area contributed by atoms with Gasteiger partial charge in [-0.15, -0.1) is 10.2 Å². The van der Waals surface area contributed by atoms with Gasteiger partial charge in [0.2, 0.25) is 0 Å². The first kappa shape index (κ1) is 18.5. The SMILES string of the molecule is Clc1cccc(N2CCN(CCc3nnc4n3CCOc3ccccc3-4)CC2)c1. The lowest BCUT2D eigenvalue weighted by molar-refractivity contribution is 0.257. The maximum Gasteiger partial charge on any atom is 0.167 e. The summed E-state index contributed by atoms with van der Waals surface area (Å²) in [4.78, 5) is 4.91. The first-order chi connectivity index (χ1) is 14.3. The number of nitrogens with zero attached hydrogens (tertiary/aromatic N) is 5. The Balaban J connectivity index is 1.22. The molecule has 0 N–H and O–H groups in total. The zero-order valence-electron chi connectivity index (χ0n) is 16.3. The van der Waals surface area contributed by atoms with Gasteiger partial charge in [0.25, 0.3) is 0 Å². The molecule has 2 aliphatic heterocycles. The Kier molecular flexibility index (Phi) is 5.12. The molecular weight excluding hydrogens is 386 g/mol. The highest BCUT2D eigenvalue weighted by molar-refractivity contribution is 6.30. The van der Waals surface area contributed by atoms with Gasteiger partial charge in [0.15, 0.2) is 5.82 Å². The number of rotatable bonds is 4. The van der Waals surface area contributed by atoms with Crippen LogP contribution >= 0.6 is 11.6 Å². The Morgan fingerprint density at radius 2 is 1.79 bits per heavy atom. The van der Waals surface area contributed by atoms with Gasteiger partial charge >= 0.3 is 0 Å². The van der Waals surface area contributed by atoms with Crippen molar-refractivity contribution in [1.29, 1.82) is 0 Å². The monoisotopic (exact) mass is 409 g/mol. The number of para-hydroxylation sites is 1. The molecule has 5 rings (SSSR count). The van der Waals surface area contributed by atoms with Gasteiger partial charge < -0.3 is 14.2 Å². The van der Waals surface area contributed by atoms with Crippen LogP contribution in [0.5, 0.6) is 5.75 Å².